The lowest BCUT2D eigenvalue weighted by Gasteiger charge is -2.37. The second-order valence-corrected chi connectivity index (χ2v) is 7.79. The highest BCUT2D eigenvalue weighted by Crippen LogP contribution is 2.31. The van der Waals surface area contributed by atoms with Gasteiger partial charge in [0, 0.05) is 55.7 Å². The van der Waals surface area contributed by atoms with Crippen LogP contribution in [0.1, 0.15) is 42.6 Å². The molecule has 7 heteroatoms. The highest BCUT2D eigenvalue weighted by molar-refractivity contribution is 5.67. The van der Waals surface area contributed by atoms with Crippen molar-refractivity contribution in [2.24, 2.45) is 0 Å². The number of fused-ring (bicyclic) bond motifs is 1. The van der Waals surface area contributed by atoms with Crippen molar-refractivity contribution in [1.82, 2.24) is 14.8 Å². The maximum atomic E-state index is 12.0. The van der Waals surface area contributed by atoms with Gasteiger partial charge in [-0.15, -0.1) is 0 Å². The minimum Gasteiger partial charge on any atom is -0.492 e. The third kappa shape index (κ3) is 4.57. The first kappa shape index (κ1) is 20.6. The molecule has 0 radical (unpaired) electrons. The number of ether oxygens (including phenoxy) is 2. The van der Waals surface area contributed by atoms with Crippen LogP contribution in [0.15, 0.2) is 42.7 Å². The number of likely N-dealkylation sites (tertiary alicyclic amines) is 1. The van der Waals surface area contributed by atoms with E-state index < -0.39 is 6.10 Å². The minimum absolute atomic E-state index is 0.213. The molecule has 2 aromatic rings. The molecule has 1 aromatic carbocycles. The summed E-state index contributed by atoms with van der Waals surface area (Å²) in [6, 6.07) is 10.0. The maximum absolute atomic E-state index is 12.0. The van der Waals surface area contributed by atoms with Crippen molar-refractivity contribution in [2.45, 2.75) is 38.5 Å². The average Bonchev–Trinajstić information content (AvgIpc) is 3.01. The minimum atomic E-state index is -0.714. The van der Waals surface area contributed by atoms with E-state index in [0.29, 0.717) is 32.3 Å². The summed E-state index contributed by atoms with van der Waals surface area (Å²) in [6.45, 7) is 5.92. The van der Waals surface area contributed by atoms with Crippen LogP contribution in [0.25, 0.3) is 0 Å². The van der Waals surface area contributed by atoms with Gasteiger partial charge >= 0.3 is 6.09 Å². The number of amides is 1. The van der Waals surface area contributed by atoms with Crippen LogP contribution in [0.4, 0.5) is 4.79 Å². The highest BCUT2D eigenvalue weighted by Gasteiger charge is 2.29. The van der Waals surface area contributed by atoms with Crippen LogP contribution < -0.4 is 4.74 Å². The molecule has 1 amide bonds. The van der Waals surface area contributed by atoms with E-state index in [1.165, 1.54) is 0 Å². The highest BCUT2D eigenvalue weighted by atomic mass is 16.6. The van der Waals surface area contributed by atoms with Gasteiger partial charge < -0.3 is 19.5 Å². The fourth-order valence-corrected chi connectivity index (χ4v) is 4.27. The Morgan fingerprint density at radius 3 is 2.83 bits per heavy atom. The summed E-state index contributed by atoms with van der Waals surface area (Å²) in [5.74, 6) is 0.878. The molecule has 0 spiro atoms. The first-order chi connectivity index (χ1) is 14.7. The van der Waals surface area contributed by atoms with Gasteiger partial charge in [0.15, 0.2) is 0 Å². The van der Waals surface area contributed by atoms with Crippen molar-refractivity contribution in [3.63, 3.8) is 0 Å². The molecule has 1 aromatic heterocycles. The van der Waals surface area contributed by atoms with Crippen molar-refractivity contribution in [3.05, 3.63) is 59.4 Å². The molecule has 30 heavy (non-hydrogen) atoms. The summed E-state index contributed by atoms with van der Waals surface area (Å²) >= 11 is 0. The van der Waals surface area contributed by atoms with Crippen LogP contribution in [-0.2, 0) is 11.3 Å². The lowest BCUT2D eigenvalue weighted by atomic mass is 9.99. The molecule has 0 aliphatic carbocycles. The largest absolute Gasteiger partial charge is 0.492 e. The smallest absolute Gasteiger partial charge is 0.409 e. The quantitative estimate of drug-likeness (QED) is 0.834. The fourth-order valence-electron chi connectivity index (χ4n) is 4.27. The van der Waals surface area contributed by atoms with Gasteiger partial charge in [-0.25, -0.2) is 4.79 Å². The number of carbonyl (C=O) groups excluding carboxylic acids is 1. The van der Waals surface area contributed by atoms with Gasteiger partial charge in [0.2, 0.25) is 0 Å². The Labute approximate surface area is 177 Å². The fraction of sp³-hybridized carbons (Fsp3) is 0.478. The van der Waals surface area contributed by atoms with E-state index in [1.54, 1.807) is 17.3 Å². The Morgan fingerprint density at radius 1 is 1.27 bits per heavy atom. The summed E-state index contributed by atoms with van der Waals surface area (Å²) in [4.78, 5) is 20.3. The van der Waals surface area contributed by atoms with Crippen molar-refractivity contribution in [3.8, 4) is 5.75 Å². The van der Waals surface area contributed by atoms with Crippen LogP contribution >= 0.6 is 0 Å². The molecule has 3 heterocycles. The monoisotopic (exact) mass is 411 g/mol. The molecular weight excluding hydrogens is 382 g/mol. The van der Waals surface area contributed by atoms with Gasteiger partial charge in [-0.05, 0) is 43.5 Å². The van der Waals surface area contributed by atoms with E-state index in [-0.39, 0.29) is 6.09 Å². The zero-order valence-electron chi connectivity index (χ0n) is 17.4. The Kier molecular flexibility index (Phi) is 6.50. The number of piperidine rings is 1. The van der Waals surface area contributed by atoms with E-state index in [1.807, 2.05) is 37.3 Å². The van der Waals surface area contributed by atoms with Gasteiger partial charge in [-0.3, -0.25) is 9.88 Å². The van der Waals surface area contributed by atoms with Gasteiger partial charge in [0.05, 0.1) is 6.61 Å². The van der Waals surface area contributed by atoms with Gasteiger partial charge in [0.1, 0.15) is 18.5 Å². The summed E-state index contributed by atoms with van der Waals surface area (Å²) in [5.41, 5.74) is 2.69. The average molecular weight is 412 g/mol. The first-order valence-corrected chi connectivity index (χ1v) is 10.6. The molecule has 1 saturated heterocycles. The number of aliphatic hydroxyl groups is 1. The molecular formula is C23H29N3O4. The number of aliphatic hydroxyl groups excluding tert-OH is 1. The Hall–Kier alpha value is -2.64. The van der Waals surface area contributed by atoms with Crippen LogP contribution in [0.3, 0.4) is 0 Å². The molecule has 2 aliphatic rings. The number of hydrogen-bond acceptors (Lipinski definition) is 6. The summed E-state index contributed by atoms with van der Waals surface area (Å²) in [6.07, 6.45) is 4.31. The zero-order chi connectivity index (χ0) is 20.9. The van der Waals surface area contributed by atoms with Gasteiger partial charge in [-0.2, -0.15) is 0 Å². The van der Waals surface area contributed by atoms with E-state index in [0.717, 1.165) is 48.4 Å². The van der Waals surface area contributed by atoms with E-state index in [4.69, 9.17) is 9.47 Å². The SMILES string of the molecule is CCOC(=O)N1CCC(N2CCOc3ccc(C(O)c4cccnc4)cc3C2)CC1. The third-order valence-electron chi connectivity index (χ3n) is 5.92. The predicted octanol–water partition coefficient (Wildman–Crippen LogP) is 2.98. The normalized spacial score (nSPS) is 18.8. The molecule has 1 fully saturated rings. The standard InChI is InChI=1S/C23H29N3O4/c1-2-29-23(28)25-10-7-20(8-11-25)26-12-13-30-21-6-5-17(14-19(21)16-26)22(27)18-4-3-9-24-15-18/h3-6,9,14-15,20,22,27H,2,7-8,10-13,16H2,1H3. The van der Waals surface area contributed by atoms with Gasteiger partial charge in [0.25, 0.3) is 0 Å². The van der Waals surface area contributed by atoms with E-state index in [9.17, 15) is 9.90 Å². The molecule has 1 N–H and O–H groups in total. The van der Waals surface area contributed by atoms with Crippen molar-refractivity contribution >= 4 is 6.09 Å². The lowest BCUT2D eigenvalue weighted by Crippen LogP contribution is -2.47. The molecule has 7 nitrogen and oxygen atoms in total. The van der Waals surface area contributed by atoms with Crippen LogP contribution in [-0.4, -0.2) is 64.9 Å². The predicted molar refractivity (Wildman–Crippen MR) is 112 cm³/mol. The number of benzene rings is 1. The molecule has 1 atom stereocenters. The molecule has 1 unspecified atom stereocenters. The second-order valence-electron chi connectivity index (χ2n) is 7.79. The molecule has 2 aliphatic heterocycles. The summed E-state index contributed by atoms with van der Waals surface area (Å²) < 4.78 is 11.1. The van der Waals surface area contributed by atoms with Crippen LogP contribution in [0.2, 0.25) is 0 Å². The van der Waals surface area contributed by atoms with E-state index >= 15 is 0 Å². The number of hydrogen-bond donors (Lipinski definition) is 1. The number of carbonyl (C=O) groups is 1. The maximum Gasteiger partial charge on any atom is 0.409 e. The Bertz CT molecular complexity index is 853. The lowest BCUT2D eigenvalue weighted by molar-refractivity contribution is 0.0704. The molecule has 0 saturated carbocycles. The Balaban J connectivity index is 1.45. The van der Waals surface area contributed by atoms with Gasteiger partial charge in [-0.1, -0.05) is 12.1 Å². The summed E-state index contributed by atoms with van der Waals surface area (Å²) in [5, 5.41) is 10.8. The number of aromatic nitrogens is 1. The topological polar surface area (TPSA) is 75.1 Å². The number of rotatable bonds is 4. The number of pyridine rings is 1. The Morgan fingerprint density at radius 2 is 2.10 bits per heavy atom. The van der Waals surface area contributed by atoms with Crippen molar-refractivity contribution in [1.29, 1.82) is 0 Å². The zero-order valence-corrected chi connectivity index (χ0v) is 17.4. The van der Waals surface area contributed by atoms with E-state index in [2.05, 4.69) is 9.88 Å². The van der Waals surface area contributed by atoms with Crippen molar-refractivity contribution in [2.75, 3.05) is 32.8 Å². The molecule has 0 bridgehead atoms. The summed E-state index contributed by atoms with van der Waals surface area (Å²) in [7, 11) is 0. The third-order valence-corrected chi connectivity index (χ3v) is 5.92. The number of nitrogens with zero attached hydrogens (tertiary/aromatic N) is 3. The molecule has 160 valence electrons. The second kappa shape index (κ2) is 9.45. The first-order valence-electron chi connectivity index (χ1n) is 10.6. The van der Waals surface area contributed by atoms with Crippen LogP contribution in [0.5, 0.6) is 5.75 Å². The van der Waals surface area contributed by atoms with Crippen LogP contribution in [0, 0.1) is 0 Å². The van der Waals surface area contributed by atoms with Crippen molar-refractivity contribution < 1.29 is 19.4 Å². The molecule has 4 rings (SSSR count).